The lowest BCUT2D eigenvalue weighted by molar-refractivity contribution is -0.133. The van der Waals surface area contributed by atoms with E-state index < -0.39 is 6.10 Å². The van der Waals surface area contributed by atoms with E-state index in [4.69, 9.17) is 0 Å². The molecule has 0 radical (unpaired) electrons. The van der Waals surface area contributed by atoms with Crippen molar-refractivity contribution in [1.29, 1.82) is 0 Å². The molecule has 0 amide bonds. The number of aliphatic hydroxyl groups excluding tert-OH is 4. The van der Waals surface area contributed by atoms with E-state index in [0.29, 0.717) is 29.6 Å². The minimum atomic E-state index is -0.407. The average molecular weight is 437 g/mol. The monoisotopic (exact) mass is 436 g/mol. The first-order valence-corrected chi connectivity index (χ1v) is 13.3. The van der Waals surface area contributed by atoms with E-state index in [1.54, 1.807) is 0 Å². The molecular formula is C27H48O4. The average Bonchev–Trinajstić information content (AvgIpc) is 3.01. The van der Waals surface area contributed by atoms with Crippen LogP contribution in [0.15, 0.2) is 0 Å². The molecule has 180 valence electrons. The van der Waals surface area contributed by atoms with Crippen molar-refractivity contribution in [2.45, 2.75) is 110 Å². The molecule has 0 saturated heterocycles. The Hall–Kier alpha value is -0.160. The lowest BCUT2D eigenvalue weighted by atomic mass is 9.44. The second-order valence-electron chi connectivity index (χ2n) is 12.8. The van der Waals surface area contributed by atoms with Crippen molar-refractivity contribution < 1.29 is 20.4 Å². The van der Waals surface area contributed by atoms with Crippen LogP contribution in [0.25, 0.3) is 0 Å². The predicted molar refractivity (Wildman–Crippen MR) is 123 cm³/mol. The summed E-state index contributed by atoms with van der Waals surface area (Å²) in [5, 5.41) is 41.8. The minimum Gasteiger partial charge on any atom is -0.396 e. The smallest absolute Gasteiger partial charge is 0.0580 e. The summed E-state index contributed by atoms with van der Waals surface area (Å²) >= 11 is 0. The summed E-state index contributed by atoms with van der Waals surface area (Å²) in [4.78, 5) is 0. The third-order valence-corrected chi connectivity index (χ3v) is 11.2. The molecule has 4 aliphatic carbocycles. The van der Waals surface area contributed by atoms with Crippen LogP contribution in [-0.4, -0.2) is 45.3 Å². The van der Waals surface area contributed by atoms with E-state index in [1.165, 1.54) is 19.3 Å². The second kappa shape index (κ2) is 8.89. The Bertz CT molecular complexity index is 624. The third-order valence-electron chi connectivity index (χ3n) is 11.2. The highest BCUT2D eigenvalue weighted by Crippen LogP contribution is 2.68. The second-order valence-corrected chi connectivity index (χ2v) is 12.8. The highest BCUT2D eigenvalue weighted by Gasteiger charge is 2.63. The Morgan fingerprint density at radius 1 is 0.871 bits per heavy atom. The van der Waals surface area contributed by atoms with Gasteiger partial charge in [-0.1, -0.05) is 27.7 Å². The molecule has 0 aromatic carbocycles. The number of hydrogen-bond acceptors (Lipinski definition) is 4. The van der Waals surface area contributed by atoms with Crippen LogP contribution >= 0.6 is 0 Å². The fourth-order valence-corrected chi connectivity index (χ4v) is 9.29. The molecule has 4 N–H and O–H groups in total. The zero-order valence-electron chi connectivity index (χ0n) is 20.3. The molecule has 0 spiro atoms. The lowest BCUT2D eigenvalue weighted by Gasteiger charge is -2.61. The van der Waals surface area contributed by atoms with Crippen LogP contribution in [0.5, 0.6) is 0 Å². The van der Waals surface area contributed by atoms with Gasteiger partial charge in [-0.2, -0.15) is 0 Å². The molecular weight excluding hydrogens is 388 g/mol. The zero-order valence-corrected chi connectivity index (χ0v) is 20.3. The van der Waals surface area contributed by atoms with Crippen LogP contribution < -0.4 is 0 Å². The van der Waals surface area contributed by atoms with Gasteiger partial charge in [-0.25, -0.2) is 0 Å². The van der Waals surface area contributed by atoms with E-state index in [2.05, 4.69) is 20.8 Å². The highest BCUT2D eigenvalue weighted by atomic mass is 16.3. The van der Waals surface area contributed by atoms with Gasteiger partial charge in [0.05, 0.1) is 18.3 Å². The van der Waals surface area contributed by atoms with Crippen molar-refractivity contribution in [1.82, 2.24) is 0 Å². The van der Waals surface area contributed by atoms with Gasteiger partial charge >= 0.3 is 0 Å². The predicted octanol–water partition coefficient (Wildman–Crippen LogP) is 4.38. The van der Waals surface area contributed by atoms with Crippen LogP contribution in [0, 0.1) is 52.3 Å². The van der Waals surface area contributed by atoms with Gasteiger partial charge in [-0.15, -0.1) is 0 Å². The van der Waals surface area contributed by atoms with Crippen molar-refractivity contribution in [2.24, 2.45) is 52.3 Å². The van der Waals surface area contributed by atoms with Crippen LogP contribution in [0.4, 0.5) is 0 Å². The fourth-order valence-electron chi connectivity index (χ4n) is 9.29. The third kappa shape index (κ3) is 4.02. The SMILES string of the molecule is CC(CO)CCC(O)C(C)C1C(O)CC2C3CCC4CC(O)CCC4(C)C3CCC21C. The van der Waals surface area contributed by atoms with Gasteiger partial charge in [0, 0.05) is 6.61 Å². The summed E-state index contributed by atoms with van der Waals surface area (Å²) in [7, 11) is 0. The molecule has 12 unspecified atom stereocenters. The van der Waals surface area contributed by atoms with E-state index in [9.17, 15) is 20.4 Å². The summed E-state index contributed by atoms with van der Waals surface area (Å²) in [5.74, 6) is 3.11. The maximum absolute atomic E-state index is 11.3. The standard InChI is InChI=1S/C27H48O4/c1-16(15-28)5-8-23(30)17(2)25-24(31)14-22-20-7-6-18-13-19(29)9-11-26(18,3)21(20)10-12-27(22,25)4/h16-25,28-31H,5-15H2,1-4H3. The summed E-state index contributed by atoms with van der Waals surface area (Å²) in [5.41, 5.74) is 0.471. The van der Waals surface area contributed by atoms with Gasteiger partial charge in [0.15, 0.2) is 0 Å². The normalized spacial score (nSPS) is 50.1. The summed E-state index contributed by atoms with van der Waals surface area (Å²) in [6, 6.07) is 0. The first kappa shape index (κ1) is 24.0. The van der Waals surface area contributed by atoms with Crippen LogP contribution in [0.3, 0.4) is 0 Å². The van der Waals surface area contributed by atoms with Gasteiger partial charge in [0.1, 0.15) is 0 Å². The maximum atomic E-state index is 11.3. The fraction of sp³-hybridized carbons (Fsp3) is 1.00. The molecule has 0 aliphatic heterocycles. The number of rotatable bonds is 6. The lowest BCUT2D eigenvalue weighted by Crippen LogP contribution is -2.54. The van der Waals surface area contributed by atoms with Crippen LogP contribution in [-0.2, 0) is 0 Å². The molecule has 0 aromatic rings. The van der Waals surface area contributed by atoms with Crippen molar-refractivity contribution in [3.8, 4) is 0 Å². The van der Waals surface area contributed by atoms with E-state index in [1.807, 2.05) is 6.92 Å². The number of aliphatic hydroxyl groups is 4. The molecule has 4 fully saturated rings. The molecule has 4 heteroatoms. The molecule has 4 rings (SSSR count). The molecule has 0 heterocycles. The summed E-state index contributed by atoms with van der Waals surface area (Å²) in [6.45, 7) is 9.30. The van der Waals surface area contributed by atoms with E-state index >= 15 is 0 Å². The van der Waals surface area contributed by atoms with Crippen molar-refractivity contribution >= 4 is 0 Å². The Balaban J connectivity index is 1.50. The molecule has 4 saturated carbocycles. The Morgan fingerprint density at radius 3 is 2.29 bits per heavy atom. The largest absolute Gasteiger partial charge is 0.396 e. The minimum absolute atomic E-state index is 0.0872. The molecule has 31 heavy (non-hydrogen) atoms. The summed E-state index contributed by atoms with van der Waals surface area (Å²) < 4.78 is 0. The molecule has 4 nitrogen and oxygen atoms in total. The number of fused-ring (bicyclic) bond motifs is 5. The zero-order chi connectivity index (χ0) is 22.6. The molecule has 0 bridgehead atoms. The van der Waals surface area contributed by atoms with Crippen molar-refractivity contribution in [2.75, 3.05) is 6.61 Å². The van der Waals surface area contributed by atoms with Gasteiger partial charge < -0.3 is 20.4 Å². The van der Waals surface area contributed by atoms with Crippen molar-refractivity contribution in [3.05, 3.63) is 0 Å². The molecule has 0 aromatic heterocycles. The molecule has 12 atom stereocenters. The number of hydrogen-bond donors (Lipinski definition) is 4. The first-order chi connectivity index (χ1) is 14.6. The maximum Gasteiger partial charge on any atom is 0.0580 e. The van der Waals surface area contributed by atoms with Gasteiger partial charge in [-0.3, -0.25) is 0 Å². The van der Waals surface area contributed by atoms with E-state index in [0.717, 1.165) is 44.4 Å². The molecule has 4 aliphatic rings. The van der Waals surface area contributed by atoms with Crippen LogP contribution in [0.1, 0.15) is 91.9 Å². The summed E-state index contributed by atoms with van der Waals surface area (Å²) in [6.07, 6.45) is 9.62. The van der Waals surface area contributed by atoms with Crippen molar-refractivity contribution in [3.63, 3.8) is 0 Å². The Labute approximate surface area is 189 Å². The first-order valence-electron chi connectivity index (χ1n) is 13.3. The van der Waals surface area contributed by atoms with Gasteiger partial charge in [0.2, 0.25) is 0 Å². The highest BCUT2D eigenvalue weighted by molar-refractivity contribution is 5.12. The van der Waals surface area contributed by atoms with Crippen LogP contribution in [0.2, 0.25) is 0 Å². The quantitative estimate of drug-likeness (QED) is 0.498. The topological polar surface area (TPSA) is 80.9 Å². The Morgan fingerprint density at radius 2 is 1.58 bits per heavy atom. The Kier molecular flexibility index (Phi) is 6.88. The van der Waals surface area contributed by atoms with E-state index in [-0.39, 0.29) is 42.0 Å². The van der Waals surface area contributed by atoms with Gasteiger partial charge in [-0.05, 0) is 116 Å². The van der Waals surface area contributed by atoms with Gasteiger partial charge in [0.25, 0.3) is 0 Å².